The molecular formula is C42H38Cl2SiZr. The summed E-state index contributed by atoms with van der Waals surface area (Å²) in [5, 5.41) is 8.02. The smallest absolute Gasteiger partial charge is 0.0253 e. The summed E-state index contributed by atoms with van der Waals surface area (Å²) in [6, 6.07) is 49.5. The van der Waals surface area contributed by atoms with Gasteiger partial charge in [0.25, 0.3) is 0 Å². The molecule has 7 aromatic rings. The average Bonchev–Trinajstić information content (AvgIpc) is 3.69. The first kappa shape index (κ1) is 34.5. The van der Waals surface area contributed by atoms with Gasteiger partial charge >= 0.3 is 37.9 Å². The first-order chi connectivity index (χ1) is 22.6. The topological polar surface area (TPSA) is 0 Å². The summed E-state index contributed by atoms with van der Waals surface area (Å²) in [6.07, 6.45) is 4.71. The van der Waals surface area contributed by atoms with E-state index in [1.165, 1.54) is 90.5 Å². The van der Waals surface area contributed by atoms with Crippen molar-refractivity contribution in [3.63, 3.8) is 0 Å². The fourth-order valence-corrected chi connectivity index (χ4v) is 6.34. The van der Waals surface area contributed by atoms with Crippen LogP contribution < -0.4 is 0 Å². The van der Waals surface area contributed by atoms with Crippen molar-refractivity contribution in [2.45, 2.75) is 45.7 Å². The molecule has 0 nitrogen and oxygen atoms in total. The molecule has 0 heterocycles. The van der Waals surface area contributed by atoms with Gasteiger partial charge in [0.15, 0.2) is 0 Å². The van der Waals surface area contributed by atoms with Crippen LogP contribution >= 0.6 is 17.0 Å². The van der Waals surface area contributed by atoms with Gasteiger partial charge in [0, 0.05) is 9.52 Å². The predicted molar refractivity (Wildman–Crippen MR) is 201 cm³/mol. The zero-order valence-electron chi connectivity index (χ0n) is 26.7. The Hall–Kier alpha value is -2.87. The summed E-state index contributed by atoms with van der Waals surface area (Å²) in [4.78, 5) is 0. The van der Waals surface area contributed by atoms with E-state index in [4.69, 9.17) is 17.0 Å². The van der Waals surface area contributed by atoms with Gasteiger partial charge in [-0.15, -0.1) is 40.1 Å². The van der Waals surface area contributed by atoms with Crippen LogP contribution in [0, 0.1) is 6.07 Å². The van der Waals surface area contributed by atoms with Crippen LogP contribution in [0.1, 0.15) is 36.5 Å². The second-order valence-electron chi connectivity index (χ2n) is 11.4. The summed E-state index contributed by atoms with van der Waals surface area (Å²) >= 11 is -0.826. The van der Waals surface area contributed by atoms with Gasteiger partial charge in [-0.2, -0.15) is 35.9 Å². The van der Waals surface area contributed by atoms with Crippen molar-refractivity contribution < 1.29 is 20.8 Å². The normalized spacial score (nSPS) is 10.9. The largest absolute Gasteiger partial charge is 0.179 e. The van der Waals surface area contributed by atoms with Crippen LogP contribution in [-0.4, -0.2) is 9.52 Å². The summed E-state index contributed by atoms with van der Waals surface area (Å²) in [7, 11) is 11.0. The van der Waals surface area contributed by atoms with Gasteiger partial charge in [-0.1, -0.05) is 128 Å². The quantitative estimate of drug-likeness (QED) is 0.0960. The number of aryl methyl sites for hydroxylation is 1. The van der Waals surface area contributed by atoms with E-state index in [0.717, 1.165) is 15.9 Å². The predicted octanol–water partition coefficient (Wildman–Crippen LogP) is 13.1. The standard InChI is InChI=1S/C27H23.C13H9.C2H6Si.2ClH.Zr/c1-2-3-9-19-16-20-12-8-15-25(26(20)17-19)27-23-13-6-4-10-21(23)18-22-11-5-7-14-24(22)27;1-3-7-12-10(5-1)9-11-6-2-4-8-13(11)12;1-3-2;;;/h4-8,10-18H,2-3,9H2,1H3;1-5,7-8H,9H2;1-2H3;2*1H;/q2*-1;;;;+4/p-2. The van der Waals surface area contributed by atoms with E-state index in [0.29, 0.717) is 0 Å². The van der Waals surface area contributed by atoms with E-state index >= 15 is 0 Å². The van der Waals surface area contributed by atoms with E-state index < -0.39 is 20.8 Å². The summed E-state index contributed by atoms with van der Waals surface area (Å²) < 4.78 is 0. The van der Waals surface area contributed by atoms with Gasteiger partial charge in [-0.3, -0.25) is 0 Å². The van der Waals surface area contributed by atoms with E-state index in [2.05, 4.69) is 147 Å². The summed E-state index contributed by atoms with van der Waals surface area (Å²) in [6.45, 7) is 6.57. The first-order valence-corrected chi connectivity index (χ1v) is 24.2. The molecule has 0 saturated heterocycles. The Kier molecular flexibility index (Phi) is 13.0. The van der Waals surface area contributed by atoms with Gasteiger partial charge in [0.1, 0.15) is 0 Å². The molecule has 1 aliphatic carbocycles. The molecule has 2 radical (unpaired) electrons. The van der Waals surface area contributed by atoms with Crippen LogP contribution in [0.15, 0.2) is 127 Å². The third-order valence-corrected chi connectivity index (χ3v) is 8.29. The van der Waals surface area contributed by atoms with Gasteiger partial charge in [0.05, 0.1) is 0 Å². The van der Waals surface area contributed by atoms with Gasteiger partial charge < -0.3 is 0 Å². The van der Waals surface area contributed by atoms with Gasteiger partial charge in [-0.05, 0) is 46.0 Å². The van der Waals surface area contributed by atoms with Gasteiger partial charge in [0.2, 0.25) is 0 Å². The molecule has 0 fully saturated rings. The molecule has 0 aromatic heterocycles. The Bertz CT molecular complexity index is 1930. The Morgan fingerprint density at radius 1 is 0.717 bits per heavy atom. The molecule has 0 N–H and O–H groups in total. The van der Waals surface area contributed by atoms with Crippen LogP contribution in [0.2, 0.25) is 13.1 Å². The summed E-state index contributed by atoms with van der Waals surface area (Å²) in [5.41, 5.74) is 9.69. The molecule has 46 heavy (non-hydrogen) atoms. The van der Waals surface area contributed by atoms with Crippen LogP contribution in [0.3, 0.4) is 0 Å². The maximum Gasteiger partial charge on any atom is -0.0253 e. The van der Waals surface area contributed by atoms with Crippen LogP contribution in [0.4, 0.5) is 0 Å². The van der Waals surface area contributed by atoms with Crippen molar-refractivity contribution in [2.24, 2.45) is 0 Å². The third-order valence-electron chi connectivity index (χ3n) is 8.29. The molecule has 0 unspecified atom stereocenters. The maximum atomic E-state index is 4.93. The third kappa shape index (κ3) is 7.98. The van der Waals surface area contributed by atoms with E-state index in [1.54, 1.807) is 0 Å². The van der Waals surface area contributed by atoms with Crippen LogP contribution in [0.5, 0.6) is 0 Å². The van der Waals surface area contributed by atoms with Crippen molar-refractivity contribution in [1.82, 2.24) is 0 Å². The van der Waals surface area contributed by atoms with Gasteiger partial charge in [-0.25, -0.2) is 0 Å². The molecule has 228 valence electrons. The van der Waals surface area contributed by atoms with Crippen LogP contribution in [-0.2, 0) is 33.7 Å². The molecule has 8 rings (SSSR count). The monoisotopic (exact) mass is 730 g/mol. The molecule has 0 saturated carbocycles. The second kappa shape index (κ2) is 17.3. The number of halogens is 2. The molecule has 0 aliphatic heterocycles. The Balaban J connectivity index is 0.000000182. The number of hydrogen-bond donors (Lipinski definition) is 0. The number of benzene rings is 6. The second-order valence-corrected chi connectivity index (χ2v) is 16.2. The first-order valence-electron chi connectivity index (χ1n) is 15.8. The Morgan fingerprint density at radius 2 is 1.33 bits per heavy atom. The van der Waals surface area contributed by atoms with Crippen LogP contribution in [0.25, 0.3) is 54.6 Å². The van der Waals surface area contributed by atoms with Crippen molar-refractivity contribution >= 4 is 58.9 Å². The Morgan fingerprint density at radius 3 is 2.02 bits per heavy atom. The molecule has 1 aliphatic rings. The summed E-state index contributed by atoms with van der Waals surface area (Å²) in [5.74, 6) is 0. The molecule has 7 aromatic carbocycles. The number of hydrogen-bond acceptors (Lipinski definition) is 0. The van der Waals surface area contributed by atoms with Crippen molar-refractivity contribution in [3.05, 3.63) is 150 Å². The molecular weight excluding hydrogens is 695 g/mol. The number of rotatable bonds is 4. The minimum atomic E-state index is -0.826. The van der Waals surface area contributed by atoms with E-state index in [9.17, 15) is 0 Å². The Labute approximate surface area is 295 Å². The maximum absolute atomic E-state index is 4.93. The molecule has 0 bridgehead atoms. The fraction of sp³-hybridized carbons (Fsp3) is 0.167. The number of unbranched alkanes of at least 4 members (excludes halogenated alkanes) is 1. The SMILES string of the molecule is CCCCc1cc2c(-c3c4ccccc4cc4ccccc34)cccc2[cH-]1.C[Si]C.[Cl][Zr+2][Cl].[c-]1cccc2c1Cc1ccccc1-2. The minimum absolute atomic E-state index is 0.826. The minimum Gasteiger partial charge on any atom is -0.179 e. The molecule has 4 heteroatoms. The fourth-order valence-electron chi connectivity index (χ4n) is 6.34. The zero-order chi connectivity index (χ0) is 32.3. The zero-order valence-corrected chi connectivity index (χ0v) is 31.7. The molecule has 0 spiro atoms. The number of fused-ring (bicyclic) bond motifs is 6. The molecule has 0 amide bonds. The van der Waals surface area contributed by atoms with E-state index in [-0.39, 0.29) is 0 Å². The molecule has 0 atom stereocenters. The van der Waals surface area contributed by atoms with Crippen molar-refractivity contribution in [3.8, 4) is 22.3 Å². The van der Waals surface area contributed by atoms with Crippen molar-refractivity contribution in [1.29, 1.82) is 0 Å². The van der Waals surface area contributed by atoms with Crippen molar-refractivity contribution in [2.75, 3.05) is 0 Å². The average molecular weight is 733 g/mol. The van der Waals surface area contributed by atoms with E-state index in [1.807, 2.05) is 6.07 Å².